The molecular formula is C13H12FN5O. The fraction of sp³-hybridized carbons (Fsp3) is 0.0769. The number of nitrogens with two attached hydrogens (primary N) is 1. The van der Waals surface area contributed by atoms with Crippen molar-refractivity contribution in [3.05, 3.63) is 48.2 Å². The van der Waals surface area contributed by atoms with Gasteiger partial charge in [0.15, 0.2) is 17.4 Å². The smallest absolute Gasteiger partial charge is 0.266 e. The molecule has 102 valence electrons. The monoisotopic (exact) mass is 273 g/mol. The Morgan fingerprint density at radius 1 is 1.40 bits per heavy atom. The lowest BCUT2D eigenvalue weighted by Crippen LogP contribution is -2.10. The van der Waals surface area contributed by atoms with Crippen molar-refractivity contribution in [1.82, 2.24) is 14.4 Å². The minimum absolute atomic E-state index is 0.0940. The van der Waals surface area contributed by atoms with E-state index in [-0.39, 0.29) is 11.6 Å². The van der Waals surface area contributed by atoms with Crippen LogP contribution in [0.5, 0.6) is 11.6 Å². The maximum Gasteiger partial charge on any atom is 0.266 e. The summed E-state index contributed by atoms with van der Waals surface area (Å²) in [7, 11) is 0. The summed E-state index contributed by atoms with van der Waals surface area (Å²) in [5.74, 6) is 5.58. The van der Waals surface area contributed by atoms with E-state index in [0.29, 0.717) is 17.0 Å². The van der Waals surface area contributed by atoms with Crippen molar-refractivity contribution < 1.29 is 9.13 Å². The van der Waals surface area contributed by atoms with Crippen molar-refractivity contribution in [2.24, 2.45) is 5.84 Å². The Balaban J connectivity index is 2.10. The Hall–Kier alpha value is -2.67. The zero-order valence-corrected chi connectivity index (χ0v) is 10.7. The van der Waals surface area contributed by atoms with Crippen LogP contribution in [-0.2, 0) is 0 Å². The van der Waals surface area contributed by atoms with Gasteiger partial charge >= 0.3 is 0 Å². The van der Waals surface area contributed by atoms with Crippen molar-refractivity contribution in [1.29, 1.82) is 0 Å². The number of anilines is 1. The third kappa shape index (κ3) is 2.04. The number of benzene rings is 1. The van der Waals surface area contributed by atoms with Gasteiger partial charge in [-0.2, -0.15) is 4.98 Å². The van der Waals surface area contributed by atoms with Gasteiger partial charge in [-0.05, 0) is 18.6 Å². The summed E-state index contributed by atoms with van der Waals surface area (Å²) >= 11 is 0. The molecule has 0 saturated carbocycles. The van der Waals surface area contributed by atoms with Crippen LogP contribution in [0.25, 0.3) is 5.65 Å². The number of ether oxygens (including phenoxy) is 1. The molecule has 0 atom stereocenters. The SMILES string of the molecule is Cc1cccc(Oc2nc(NN)cn3ccnc23)c1F. The lowest BCUT2D eigenvalue weighted by molar-refractivity contribution is 0.428. The normalized spacial score (nSPS) is 10.8. The molecule has 0 radical (unpaired) electrons. The fourth-order valence-electron chi connectivity index (χ4n) is 1.84. The number of hydrogen-bond donors (Lipinski definition) is 2. The molecule has 3 rings (SSSR count). The molecule has 20 heavy (non-hydrogen) atoms. The van der Waals surface area contributed by atoms with Crippen molar-refractivity contribution >= 4 is 11.5 Å². The molecule has 7 heteroatoms. The molecule has 0 aliphatic rings. The number of imidazole rings is 1. The molecular weight excluding hydrogens is 261 g/mol. The molecule has 0 aliphatic carbocycles. The summed E-state index contributed by atoms with van der Waals surface area (Å²) in [6.45, 7) is 1.67. The van der Waals surface area contributed by atoms with Crippen LogP contribution >= 0.6 is 0 Å². The van der Waals surface area contributed by atoms with E-state index in [2.05, 4.69) is 15.4 Å². The average Bonchev–Trinajstić information content (AvgIpc) is 2.92. The first kappa shape index (κ1) is 12.4. The minimum atomic E-state index is -0.426. The van der Waals surface area contributed by atoms with Crippen molar-refractivity contribution in [2.75, 3.05) is 5.43 Å². The van der Waals surface area contributed by atoms with Gasteiger partial charge in [0.25, 0.3) is 5.88 Å². The van der Waals surface area contributed by atoms with Crippen LogP contribution in [0.4, 0.5) is 10.2 Å². The molecule has 0 aliphatic heterocycles. The molecule has 0 amide bonds. The molecule has 3 N–H and O–H groups in total. The average molecular weight is 273 g/mol. The van der Waals surface area contributed by atoms with Crippen LogP contribution in [0.15, 0.2) is 36.8 Å². The number of fused-ring (bicyclic) bond motifs is 1. The van der Waals surface area contributed by atoms with Crippen LogP contribution in [0, 0.1) is 12.7 Å². The molecule has 2 heterocycles. The van der Waals surface area contributed by atoms with Gasteiger partial charge in [-0.1, -0.05) is 12.1 Å². The highest BCUT2D eigenvalue weighted by molar-refractivity contribution is 5.55. The van der Waals surface area contributed by atoms with E-state index >= 15 is 0 Å². The number of hydrazine groups is 1. The molecule has 0 saturated heterocycles. The molecule has 0 fully saturated rings. The summed E-state index contributed by atoms with van der Waals surface area (Å²) in [6, 6.07) is 4.91. The Morgan fingerprint density at radius 3 is 3.05 bits per heavy atom. The number of nitrogens with zero attached hydrogens (tertiary/aromatic N) is 3. The highest BCUT2D eigenvalue weighted by Gasteiger charge is 2.13. The van der Waals surface area contributed by atoms with Crippen molar-refractivity contribution in [3.63, 3.8) is 0 Å². The predicted octanol–water partition coefficient (Wildman–Crippen LogP) is 2.25. The van der Waals surface area contributed by atoms with E-state index in [1.165, 1.54) is 6.07 Å². The number of nitrogen functional groups attached to an aromatic ring is 1. The highest BCUT2D eigenvalue weighted by Crippen LogP contribution is 2.28. The van der Waals surface area contributed by atoms with Gasteiger partial charge < -0.3 is 10.2 Å². The molecule has 3 aromatic rings. The van der Waals surface area contributed by atoms with Gasteiger partial charge in [-0.25, -0.2) is 15.2 Å². The maximum atomic E-state index is 14.0. The van der Waals surface area contributed by atoms with E-state index in [1.54, 1.807) is 42.0 Å². The Labute approximate surface area is 114 Å². The van der Waals surface area contributed by atoms with Gasteiger partial charge in [0.2, 0.25) is 5.65 Å². The van der Waals surface area contributed by atoms with Crippen LogP contribution in [0.3, 0.4) is 0 Å². The van der Waals surface area contributed by atoms with Crippen LogP contribution in [-0.4, -0.2) is 14.4 Å². The van der Waals surface area contributed by atoms with Gasteiger partial charge in [-0.15, -0.1) is 0 Å². The first-order valence-corrected chi connectivity index (χ1v) is 5.92. The number of aryl methyl sites for hydroxylation is 1. The van der Waals surface area contributed by atoms with Gasteiger partial charge in [0, 0.05) is 12.4 Å². The van der Waals surface area contributed by atoms with E-state index in [1.807, 2.05) is 0 Å². The second-order valence-electron chi connectivity index (χ2n) is 4.22. The lowest BCUT2D eigenvalue weighted by Gasteiger charge is -2.09. The van der Waals surface area contributed by atoms with Gasteiger partial charge in [0.1, 0.15) is 0 Å². The maximum absolute atomic E-state index is 14.0. The van der Waals surface area contributed by atoms with E-state index in [4.69, 9.17) is 10.6 Å². The fourth-order valence-corrected chi connectivity index (χ4v) is 1.84. The zero-order chi connectivity index (χ0) is 14.1. The lowest BCUT2D eigenvalue weighted by atomic mass is 10.2. The second-order valence-corrected chi connectivity index (χ2v) is 4.22. The van der Waals surface area contributed by atoms with Gasteiger partial charge in [0.05, 0.1) is 6.20 Å². The van der Waals surface area contributed by atoms with Crippen molar-refractivity contribution in [2.45, 2.75) is 6.92 Å². The largest absolute Gasteiger partial charge is 0.433 e. The van der Waals surface area contributed by atoms with E-state index in [0.717, 1.165) is 0 Å². The number of hydrogen-bond acceptors (Lipinski definition) is 5. The molecule has 6 nitrogen and oxygen atoms in total. The van der Waals surface area contributed by atoms with Gasteiger partial charge in [-0.3, -0.25) is 4.40 Å². The number of halogens is 1. The number of aromatic nitrogens is 3. The summed E-state index contributed by atoms with van der Waals surface area (Å²) in [6.07, 6.45) is 4.97. The number of rotatable bonds is 3. The summed E-state index contributed by atoms with van der Waals surface area (Å²) in [4.78, 5) is 8.28. The Kier molecular flexibility index (Phi) is 2.96. The van der Waals surface area contributed by atoms with Crippen LogP contribution in [0.1, 0.15) is 5.56 Å². The summed E-state index contributed by atoms with van der Waals surface area (Å²) in [5, 5.41) is 0. The topological polar surface area (TPSA) is 77.5 Å². The van der Waals surface area contributed by atoms with Crippen LogP contribution < -0.4 is 16.0 Å². The Bertz CT molecular complexity index is 771. The zero-order valence-electron chi connectivity index (χ0n) is 10.7. The molecule has 0 spiro atoms. The third-order valence-corrected chi connectivity index (χ3v) is 2.85. The summed E-state index contributed by atoms with van der Waals surface area (Å²) < 4.78 is 21.2. The summed E-state index contributed by atoms with van der Waals surface area (Å²) in [5.41, 5.74) is 3.40. The van der Waals surface area contributed by atoms with Crippen molar-refractivity contribution in [3.8, 4) is 11.6 Å². The standard InChI is InChI=1S/C13H12FN5O/c1-8-3-2-4-9(11(8)14)20-13-12-16-5-6-19(12)7-10(17-13)18-15/h2-7,18H,15H2,1H3. The van der Waals surface area contributed by atoms with E-state index < -0.39 is 5.82 Å². The molecule has 2 aromatic heterocycles. The quantitative estimate of drug-likeness (QED) is 0.565. The first-order chi connectivity index (χ1) is 9.69. The first-order valence-electron chi connectivity index (χ1n) is 5.92. The molecule has 1 aromatic carbocycles. The molecule has 0 unspecified atom stereocenters. The molecule has 0 bridgehead atoms. The minimum Gasteiger partial charge on any atom is -0.433 e. The van der Waals surface area contributed by atoms with Crippen LogP contribution in [0.2, 0.25) is 0 Å². The predicted molar refractivity (Wildman–Crippen MR) is 72.0 cm³/mol. The Morgan fingerprint density at radius 2 is 2.25 bits per heavy atom. The number of nitrogens with one attached hydrogen (secondary N) is 1. The van der Waals surface area contributed by atoms with E-state index in [9.17, 15) is 4.39 Å². The third-order valence-electron chi connectivity index (χ3n) is 2.85. The highest BCUT2D eigenvalue weighted by atomic mass is 19.1. The second kappa shape index (κ2) is 4.78.